The smallest absolute Gasteiger partial charge is 0.756 e. The van der Waals surface area contributed by atoms with E-state index in [9.17, 15) is 58.3 Å². The Morgan fingerprint density at radius 2 is 1.36 bits per heavy atom. The first-order valence-corrected chi connectivity index (χ1v) is 28.3. The van der Waals surface area contributed by atoms with Crippen LogP contribution in [0.2, 0.25) is 0 Å². The summed E-state index contributed by atoms with van der Waals surface area (Å²) in [6.07, 6.45) is -7.30. The van der Waals surface area contributed by atoms with Gasteiger partial charge in [0.25, 0.3) is 7.82 Å². The van der Waals surface area contributed by atoms with Crippen LogP contribution in [-0.2, 0) is 68.7 Å². The summed E-state index contributed by atoms with van der Waals surface area (Å²) in [6.45, 7) is 14.9. The molecule has 15 atom stereocenters. The molecule has 0 aliphatic carbocycles. The molecule has 1 radical (unpaired) electrons. The van der Waals surface area contributed by atoms with Gasteiger partial charge in [-0.25, -0.2) is 0 Å². The van der Waals surface area contributed by atoms with Crippen molar-refractivity contribution in [2.24, 2.45) is 94.7 Å². The number of nitrogens with one attached hydrogen (secondary N) is 1. The van der Waals surface area contributed by atoms with Gasteiger partial charge >= 0.3 is 16.8 Å². The summed E-state index contributed by atoms with van der Waals surface area (Å²) in [7, 11) is -5.27. The van der Waals surface area contributed by atoms with Gasteiger partial charge in [0, 0.05) is 108 Å². The Bertz CT molecular complexity index is 2800. The zero-order chi connectivity index (χ0) is 60.0. The zero-order valence-corrected chi connectivity index (χ0v) is 49.3. The molecule has 6 aliphatic heterocycles. The van der Waals surface area contributed by atoms with E-state index in [1.54, 1.807) is 20.8 Å². The van der Waals surface area contributed by atoms with E-state index in [0.29, 0.717) is 45.4 Å². The van der Waals surface area contributed by atoms with Crippen LogP contribution < -0.4 is 44.6 Å². The molecule has 15 unspecified atom stereocenters. The molecule has 26 nitrogen and oxygen atoms in total. The van der Waals surface area contributed by atoms with Gasteiger partial charge in [-0.1, -0.05) is 40.7 Å². The summed E-state index contributed by atoms with van der Waals surface area (Å²) < 4.78 is 28.0. The van der Waals surface area contributed by atoms with Crippen molar-refractivity contribution >= 4 is 66.3 Å². The van der Waals surface area contributed by atoms with E-state index in [2.05, 4.69) is 5.32 Å². The van der Waals surface area contributed by atoms with Gasteiger partial charge in [0.2, 0.25) is 41.4 Å². The number of phosphoric acid groups is 1. The van der Waals surface area contributed by atoms with Crippen molar-refractivity contribution in [3.63, 3.8) is 0 Å². The number of amides is 7. The van der Waals surface area contributed by atoms with Crippen LogP contribution in [0.3, 0.4) is 0 Å². The number of allylic oxidation sites excluding steroid dienone is 6. The SMILES string of the molecule is C/C1=C2N=C(/C=C3N=C(/C(C)=C4\[N-]C(C(CC(N)=O)C4(C)CCC(=O)NCC(C)OP(=O)([O-])OC4C(CO)OC(O)C4O)C4(C)N=C1C(CCC(N)=O)C4(C)CC(N)=O)C(CCC(N)=O)C\3(C)C)C(CCC(N)=O)C/2(C)CC(N)=O.[Co+2]. The molecule has 0 aromatic carbocycles. The quantitative estimate of drug-likeness (QED) is 0.0556. The first-order chi connectivity index (χ1) is 37.0. The average molecular weight is 1200 g/mol. The van der Waals surface area contributed by atoms with Crippen LogP contribution in [0.25, 0.3) is 5.32 Å². The fourth-order valence-electron chi connectivity index (χ4n) is 13.6. The molecule has 28 heteroatoms. The van der Waals surface area contributed by atoms with Crippen molar-refractivity contribution < 1.29 is 88.9 Å². The molecular weight excluding hydrogens is 1120 g/mol. The third kappa shape index (κ3) is 13.3. The minimum Gasteiger partial charge on any atom is -0.756 e. The number of aliphatic hydroxyl groups excluding tert-OH is 3. The number of nitrogens with zero attached hydrogens (tertiary/aromatic N) is 4. The molecule has 0 spiro atoms. The molecule has 451 valence electrons. The number of fused-ring (bicyclic) bond motifs is 6. The molecule has 6 aliphatic rings. The van der Waals surface area contributed by atoms with E-state index in [1.165, 1.54) is 6.92 Å². The number of primary amides is 6. The number of aliphatic imine (C=N–C) groups is 3. The van der Waals surface area contributed by atoms with E-state index in [-0.39, 0.29) is 94.0 Å². The molecule has 8 bridgehead atoms. The summed E-state index contributed by atoms with van der Waals surface area (Å²) >= 11 is 0. The molecule has 81 heavy (non-hydrogen) atoms. The Labute approximate surface area is 481 Å². The molecular formula is C53H80CoN11O15P. The number of nitrogens with two attached hydrogens (primary N) is 6. The van der Waals surface area contributed by atoms with Crippen LogP contribution in [-0.4, -0.2) is 129 Å². The second kappa shape index (κ2) is 24.9. The molecule has 7 amide bonds. The van der Waals surface area contributed by atoms with Gasteiger partial charge in [0.1, 0.15) is 18.3 Å². The van der Waals surface area contributed by atoms with Gasteiger partial charge in [-0.2, -0.15) is 5.70 Å². The Kier molecular flexibility index (Phi) is 20.5. The molecule has 6 heterocycles. The number of hydrogen-bond acceptors (Lipinski definition) is 18. The molecule has 2 saturated heterocycles. The molecule has 0 saturated carbocycles. The van der Waals surface area contributed by atoms with E-state index in [4.69, 9.17) is 68.5 Å². The van der Waals surface area contributed by atoms with Gasteiger partial charge in [-0.3, -0.25) is 53.1 Å². The van der Waals surface area contributed by atoms with Gasteiger partial charge in [0.05, 0.1) is 23.9 Å². The van der Waals surface area contributed by atoms with Crippen molar-refractivity contribution in [1.82, 2.24) is 5.32 Å². The maximum atomic E-state index is 14.1. The van der Waals surface area contributed by atoms with Crippen molar-refractivity contribution in [2.75, 3.05) is 13.2 Å². The number of carbonyl (C=O) groups excluding carboxylic acids is 7. The van der Waals surface area contributed by atoms with E-state index in [1.807, 2.05) is 40.7 Å². The van der Waals surface area contributed by atoms with Crippen LogP contribution >= 0.6 is 7.82 Å². The third-order valence-electron chi connectivity index (χ3n) is 18.0. The Hall–Kier alpha value is -5.22. The standard InChI is InChI=1S/C53H82N11O15P.Co/c1-24(78-80(75,76)79-44-32(23-65)77-48(74)43(44)73)22-60-40(72)16-17-50(6)30(18-37(57)69)47-53(9)52(8,21-39(59)71)29(12-15-36(56)68)42(64-53)26(3)46-51(7,20-38(58)70)27(10-13-34(54)66)31(61-46)19-33-49(4,5)28(11-14-35(55)67)41(62-33)25(2)45(50)63-47;/h19,24,27-30,32,43-44,47-48,65,73-74H,10-18,20-23H2,1-9H3,(H15,54,55,56,57,58,59,60,61,62,63,64,66,67,68,69,70,71,72,75,76);/q;+2/p-2. The van der Waals surface area contributed by atoms with E-state index in [0.717, 1.165) is 0 Å². The topological polar surface area (TPSA) is 467 Å². The third-order valence-corrected chi connectivity index (χ3v) is 19.1. The Morgan fingerprint density at radius 1 is 0.790 bits per heavy atom. The van der Waals surface area contributed by atoms with Gasteiger partial charge in [0.15, 0.2) is 6.29 Å². The minimum atomic E-state index is -5.27. The summed E-state index contributed by atoms with van der Waals surface area (Å²) in [5, 5.41) is 37.9. The Balaban J connectivity index is 0.0000120. The van der Waals surface area contributed by atoms with Crippen LogP contribution in [0.4, 0.5) is 0 Å². The zero-order valence-electron chi connectivity index (χ0n) is 47.3. The predicted octanol–water partition coefficient (Wildman–Crippen LogP) is 0.466. The number of rotatable bonds is 25. The van der Waals surface area contributed by atoms with Gasteiger partial charge in [-0.05, 0) is 81.9 Å². The first-order valence-electron chi connectivity index (χ1n) is 26.9. The molecule has 2 fully saturated rings. The van der Waals surface area contributed by atoms with Crippen LogP contribution in [0.1, 0.15) is 133 Å². The largest absolute Gasteiger partial charge is 2.00 e. The fraction of sp³-hybridized carbons (Fsp3) is 0.698. The first kappa shape index (κ1) is 66.6. The van der Waals surface area contributed by atoms with Gasteiger partial charge < -0.3 is 79.0 Å². The predicted molar refractivity (Wildman–Crippen MR) is 289 cm³/mol. The van der Waals surface area contributed by atoms with Crippen molar-refractivity contribution in [3.05, 3.63) is 39.6 Å². The van der Waals surface area contributed by atoms with Crippen molar-refractivity contribution in [2.45, 2.75) is 175 Å². The van der Waals surface area contributed by atoms with Crippen LogP contribution in [0.5, 0.6) is 0 Å². The second-order valence-corrected chi connectivity index (χ2v) is 25.2. The van der Waals surface area contributed by atoms with E-state index < -0.39 is 143 Å². The summed E-state index contributed by atoms with van der Waals surface area (Å²) in [5.74, 6) is -7.43. The molecule has 16 N–H and O–H groups in total. The van der Waals surface area contributed by atoms with Crippen molar-refractivity contribution in [1.29, 1.82) is 0 Å². The number of ether oxygens (including phenoxy) is 1. The number of hydrogen-bond donors (Lipinski definition) is 10. The molecule has 0 aromatic rings. The monoisotopic (exact) mass is 1200 g/mol. The summed E-state index contributed by atoms with van der Waals surface area (Å²) in [4.78, 5) is 122. The van der Waals surface area contributed by atoms with Gasteiger partial charge in [-0.15, -0.1) is 0 Å². The maximum Gasteiger partial charge on any atom is 2.00 e. The normalized spacial score (nSPS) is 36.5. The molecule has 0 aromatic heterocycles. The number of phosphoric ester groups is 1. The fourth-order valence-corrected chi connectivity index (χ4v) is 14.7. The number of carbonyl (C=O) groups is 7. The summed E-state index contributed by atoms with van der Waals surface area (Å²) in [6, 6.07) is -1.05. The summed E-state index contributed by atoms with van der Waals surface area (Å²) in [5.41, 5.74) is 33.3. The van der Waals surface area contributed by atoms with Crippen LogP contribution in [0.15, 0.2) is 49.3 Å². The molecule has 6 rings (SSSR count). The average Bonchev–Trinajstić information content (AvgIpc) is 4.02. The second-order valence-electron chi connectivity index (χ2n) is 23.9. The van der Waals surface area contributed by atoms with Crippen molar-refractivity contribution in [3.8, 4) is 0 Å². The minimum absolute atomic E-state index is 0. The van der Waals surface area contributed by atoms with E-state index >= 15 is 0 Å². The Morgan fingerprint density at radius 3 is 1.90 bits per heavy atom. The van der Waals surface area contributed by atoms with Crippen LogP contribution in [0, 0.1) is 45.3 Å². The number of aliphatic hydroxyl groups is 3. The maximum absolute atomic E-state index is 14.1.